The SMILES string of the molecule is CCOc1cc(CNC2CCCC2)ccc1Oc1nnnn1-c1ccccc1.Cl. The molecule has 3 aromatic rings. The monoisotopic (exact) mass is 415 g/mol. The maximum atomic E-state index is 6.00. The van der Waals surface area contributed by atoms with Gasteiger partial charge in [-0.3, -0.25) is 0 Å². The van der Waals surface area contributed by atoms with Crippen LogP contribution in [-0.4, -0.2) is 32.9 Å². The third-order valence-electron chi connectivity index (χ3n) is 4.90. The molecule has 1 heterocycles. The molecule has 0 amide bonds. The molecule has 154 valence electrons. The van der Waals surface area contributed by atoms with Crippen molar-refractivity contribution in [2.45, 2.75) is 45.2 Å². The van der Waals surface area contributed by atoms with Gasteiger partial charge in [0.1, 0.15) is 0 Å². The van der Waals surface area contributed by atoms with Crippen molar-refractivity contribution in [3.05, 3.63) is 54.1 Å². The van der Waals surface area contributed by atoms with Gasteiger partial charge in [-0.05, 0) is 60.0 Å². The van der Waals surface area contributed by atoms with Crippen LogP contribution in [0.25, 0.3) is 5.69 Å². The lowest BCUT2D eigenvalue weighted by Gasteiger charge is -2.15. The first-order chi connectivity index (χ1) is 13.8. The minimum atomic E-state index is 0. The lowest BCUT2D eigenvalue weighted by atomic mass is 10.1. The van der Waals surface area contributed by atoms with Crippen molar-refractivity contribution >= 4 is 12.4 Å². The molecule has 0 unspecified atom stereocenters. The molecule has 8 heteroatoms. The summed E-state index contributed by atoms with van der Waals surface area (Å²) in [6.07, 6.45) is 5.18. The first-order valence-corrected chi connectivity index (χ1v) is 9.84. The Morgan fingerprint density at radius 1 is 1.07 bits per heavy atom. The number of hydrogen-bond acceptors (Lipinski definition) is 6. The van der Waals surface area contributed by atoms with Crippen molar-refractivity contribution in [2.75, 3.05) is 6.61 Å². The smallest absolute Gasteiger partial charge is 0.346 e. The predicted octanol–water partition coefficient (Wildman–Crippen LogP) is 4.31. The molecule has 1 aliphatic rings. The van der Waals surface area contributed by atoms with Gasteiger partial charge < -0.3 is 14.8 Å². The number of tetrazole rings is 1. The molecule has 1 fully saturated rings. The average molecular weight is 416 g/mol. The van der Waals surface area contributed by atoms with Crippen LogP contribution in [0.5, 0.6) is 17.5 Å². The Bertz CT molecular complexity index is 897. The highest BCUT2D eigenvalue weighted by Gasteiger charge is 2.16. The van der Waals surface area contributed by atoms with Crippen molar-refractivity contribution in [3.63, 3.8) is 0 Å². The second kappa shape index (κ2) is 10.2. The van der Waals surface area contributed by atoms with Crippen LogP contribution >= 0.6 is 12.4 Å². The maximum Gasteiger partial charge on any atom is 0.346 e. The number of nitrogens with one attached hydrogen (secondary N) is 1. The van der Waals surface area contributed by atoms with E-state index in [0.29, 0.717) is 30.2 Å². The summed E-state index contributed by atoms with van der Waals surface area (Å²) in [5, 5.41) is 15.4. The Labute approximate surface area is 176 Å². The van der Waals surface area contributed by atoms with E-state index in [1.165, 1.54) is 31.2 Å². The van der Waals surface area contributed by atoms with E-state index < -0.39 is 0 Å². The summed E-state index contributed by atoms with van der Waals surface area (Å²) in [6, 6.07) is 16.6. The van der Waals surface area contributed by atoms with Gasteiger partial charge in [-0.2, -0.15) is 4.68 Å². The van der Waals surface area contributed by atoms with E-state index >= 15 is 0 Å². The van der Waals surface area contributed by atoms with Gasteiger partial charge in [-0.1, -0.05) is 42.2 Å². The summed E-state index contributed by atoms with van der Waals surface area (Å²) in [7, 11) is 0. The van der Waals surface area contributed by atoms with Gasteiger partial charge in [0.15, 0.2) is 11.5 Å². The van der Waals surface area contributed by atoms with Crippen molar-refractivity contribution in [3.8, 4) is 23.2 Å². The average Bonchev–Trinajstić information content (AvgIpc) is 3.41. The van der Waals surface area contributed by atoms with Gasteiger partial charge in [0.2, 0.25) is 0 Å². The van der Waals surface area contributed by atoms with E-state index in [1.54, 1.807) is 4.68 Å². The number of halogens is 1. The van der Waals surface area contributed by atoms with Gasteiger partial charge in [0, 0.05) is 12.6 Å². The van der Waals surface area contributed by atoms with Crippen LogP contribution in [0.2, 0.25) is 0 Å². The largest absolute Gasteiger partial charge is 0.490 e. The molecule has 1 aliphatic carbocycles. The number of nitrogens with zero attached hydrogens (tertiary/aromatic N) is 4. The van der Waals surface area contributed by atoms with Crippen molar-refractivity contribution < 1.29 is 9.47 Å². The Hall–Kier alpha value is -2.64. The molecule has 1 saturated carbocycles. The number of aromatic nitrogens is 4. The van der Waals surface area contributed by atoms with E-state index in [-0.39, 0.29) is 12.4 Å². The zero-order valence-electron chi connectivity index (χ0n) is 16.5. The Morgan fingerprint density at radius 3 is 2.62 bits per heavy atom. The van der Waals surface area contributed by atoms with Crippen LogP contribution in [0.15, 0.2) is 48.5 Å². The molecule has 29 heavy (non-hydrogen) atoms. The van der Waals surface area contributed by atoms with Crippen LogP contribution in [-0.2, 0) is 6.54 Å². The zero-order valence-corrected chi connectivity index (χ0v) is 17.3. The highest BCUT2D eigenvalue weighted by atomic mass is 35.5. The first kappa shape index (κ1) is 21.1. The molecular weight excluding hydrogens is 390 g/mol. The lowest BCUT2D eigenvalue weighted by Crippen LogP contribution is -2.25. The van der Waals surface area contributed by atoms with Gasteiger partial charge in [-0.25, -0.2) is 0 Å². The van der Waals surface area contributed by atoms with Crippen LogP contribution in [0.1, 0.15) is 38.2 Å². The first-order valence-electron chi connectivity index (χ1n) is 9.84. The van der Waals surface area contributed by atoms with Crippen molar-refractivity contribution in [1.29, 1.82) is 0 Å². The second-order valence-corrected chi connectivity index (χ2v) is 6.89. The maximum absolute atomic E-state index is 6.00. The molecule has 2 aromatic carbocycles. The summed E-state index contributed by atoms with van der Waals surface area (Å²) in [6.45, 7) is 3.34. The minimum Gasteiger partial charge on any atom is -0.490 e. The van der Waals surface area contributed by atoms with Gasteiger partial charge in [0.25, 0.3) is 0 Å². The van der Waals surface area contributed by atoms with E-state index in [0.717, 1.165) is 12.2 Å². The molecule has 0 bridgehead atoms. The van der Waals surface area contributed by atoms with Crippen LogP contribution in [0.3, 0.4) is 0 Å². The fourth-order valence-corrected chi connectivity index (χ4v) is 3.48. The quantitative estimate of drug-likeness (QED) is 0.591. The van der Waals surface area contributed by atoms with Crippen molar-refractivity contribution in [2.24, 2.45) is 0 Å². The molecule has 0 saturated heterocycles. The Morgan fingerprint density at radius 2 is 1.86 bits per heavy atom. The topological polar surface area (TPSA) is 74.1 Å². The molecule has 1 N–H and O–H groups in total. The number of benzene rings is 2. The normalized spacial score (nSPS) is 13.8. The molecule has 4 rings (SSSR count). The standard InChI is InChI=1S/C21H25N5O2.ClH/c1-2-27-20-14-16(15-22-17-8-6-7-9-17)12-13-19(20)28-21-23-24-25-26(21)18-10-4-3-5-11-18;/h3-5,10-14,17,22H,2,6-9,15H2,1H3;1H. The van der Waals surface area contributed by atoms with Gasteiger partial charge in [0.05, 0.1) is 12.3 Å². The summed E-state index contributed by atoms with van der Waals surface area (Å²) >= 11 is 0. The van der Waals surface area contributed by atoms with Crippen LogP contribution in [0.4, 0.5) is 0 Å². The Kier molecular flexibility index (Phi) is 7.43. The minimum absolute atomic E-state index is 0. The summed E-state index contributed by atoms with van der Waals surface area (Å²) in [5.41, 5.74) is 2.00. The number of hydrogen-bond donors (Lipinski definition) is 1. The van der Waals surface area contributed by atoms with E-state index in [9.17, 15) is 0 Å². The molecule has 7 nitrogen and oxygen atoms in total. The Balaban J connectivity index is 0.00000240. The summed E-state index contributed by atoms with van der Waals surface area (Å²) < 4.78 is 13.4. The zero-order chi connectivity index (χ0) is 19.2. The van der Waals surface area contributed by atoms with Crippen LogP contribution < -0.4 is 14.8 Å². The third kappa shape index (κ3) is 5.25. The summed E-state index contributed by atoms with van der Waals surface area (Å²) in [4.78, 5) is 0. The highest BCUT2D eigenvalue weighted by molar-refractivity contribution is 5.85. The fourth-order valence-electron chi connectivity index (χ4n) is 3.48. The third-order valence-corrected chi connectivity index (χ3v) is 4.90. The van der Waals surface area contributed by atoms with E-state index in [4.69, 9.17) is 9.47 Å². The van der Waals surface area contributed by atoms with E-state index in [1.807, 2.05) is 49.4 Å². The molecular formula is C21H26ClN5O2. The van der Waals surface area contributed by atoms with Gasteiger partial charge in [-0.15, -0.1) is 12.4 Å². The second-order valence-electron chi connectivity index (χ2n) is 6.89. The number of para-hydroxylation sites is 1. The molecule has 0 spiro atoms. The molecule has 1 aromatic heterocycles. The molecule has 0 aliphatic heterocycles. The van der Waals surface area contributed by atoms with Gasteiger partial charge >= 0.3 is 6.01 Å². The predicted molar refractivity (Wildman–Crippen MR) is 113 cm³/mol. The summed E-state index contributed by atoms with van der Waals surface area (Å²) in [5.74, 6) is 1.29. The van der Waals surface area contributed by atoms with Crippen molar-refractivity contribution in [1.82, 2.24) is 25.5 Å². The number of rotatable bonds is 8. The fraction of sp³-hybridized carbons (Fsp3) is 0.381. The number of ether oxygens (including phenoxy) is 2. The van der Waals surface area contributed by atoms with E-state index in [2.05, 4.69) is 26.9 Å². The molecule has 0 radical (unpaired) electrons. The lowest BCUT2D eigenvalue weighted by molar-refractivity contribution is 0.315. The highest BCUT2D eigenvalue weighted by Crippen LogP contribution is 2.32. The molecule has 0 atom stereocenters. The van der Waals surface area contributed by atoms with Crippen LogP contribution in [0, 0.1) is 0 Å².